The van der Waals surface area contributed by atoms with Crippen molar-refractivity contribution in [3.05, 3.63) is 22.8 Å². The van der Waals surface area contributed by atoms with Crippen molar-refractivity contribution in [3.63, 3.8) is 0 Å². The maximum atomic E-state index is 14.0. The van der Waals surface area contributed by atoms with Gasteiger partial charge in [0.1, 0.15) is 11.5 Å². The maximum absolute atomic E-state index is 14.0. The average Bonchev–Trinajstić information content (AvgIpc) is 2.26. The fourth-order valence-electron chi connectivity index (χ4n) is 2.33. The number of fused-ring (bicyclic) bond motifs is 1. The number of halogens is 2. The van der Waals surface area contributed by atoms with Crippen LogP contribution in [0.15, 0.2) is 0 Å². The van der Waals surface area contributed by atoms with Crippen LogP contribution < -0.4 is 0 Å². The fraction of sp³-hybridized carbons (Fsp3) is 0.714. The van der Waals surface area contributed by atoms with Crippen LogP contribution in [-0.4, -0.2) is 9.97 Å². The van der Waals surface area contributed by atoms with Crippen molar-refractivity contribution in [1.29, 1.82) is 0 Å². The van der Waals surface area contributed by atoms with Crippen LogP contribution in [0.4, 0.5) is 8.78 Å². The lowest BCUT2D eigenvalue weighted by Gasteiger charge is -2.28. The second-order valence-electron chi connectivity index (χ2n) is 5.98. The molecule has 0 aromatic carbocycles. The number of hydrogen-bond acceptors (Lipinski definition) is 2. The zero-order valence-corrected chi connectivity index (χ0v) is 11.5. The Hall–Kier alpha value is -1.06. The number of rotatable bonds is 1. The molecule has 100 valence electrons. The molecule has 1 aromatic rings. The highest BCUT2D eigenvalue weighted by molar-refractivity contribution is 5.32. The molecule has 2 nitrogen and oxygen atoms in total. The summed E-state index contributed by atoms with van der Waals surface area (Å²) >= 11 is 0. The van der Waals surface area contributed by atoms with E-state index >= 15 is 0 Å². The Bertz CT molecular complexity index is 462. The Labute approximate surface area is 107 Å². The third-order valence-corrected chi connectivity index (χ3v) is 3.36. The first-order valence-corrected chi connectivity index (χ1v) is 6.54. The minimum atomic E-state index is -2.79. The zero-order chi connectivity index (χ0) is 13.6. The lowest BCUT2D eigenvalue weighted by Crippen LogP contribution is -2.28. The average molecular weight is 254 g/mol. The SMILES string of the molecule is CCc1nc(C(C)(C)C)nc2c1CCCC2(F)F. The summed E-state index contributed by atoms with van der Waals surface area (Å²) in [5.41, 5.74) is 1.16. The summed E-state index contributed by atoms with van der Waals surface area (Å²) < 4.78 is 28.0. The highest BCUT2D eigenvalue weighted by atomic mass is 19.3. The Morgan fingerprint density at radius 1 is 1.22 bits per heavy atom. The Morgan fingerprint density at radius 2 is 1.89 bits per heavy atom. The number of alkyl halides is 2. The van der Waals surface area contributed by atoms with Gasteiger partial charge in [0.05, 0.1) is 0 Å². The number of nitrogens with zero attached hydrogens (tertiary/aromatic N) is 2. The second-order valence-corrected chi connectivity index (χ2v) is 5.98. The lowest BCUT2D eigenvalue weighted by molar-refractivity contribution is -0.0270. The van der Waals surface area contributed by atoms with Crippen LogP contribution >= 0.6 is 0 Å². The number of aryl methyl sites for hydroxylation is 1. The summed E-state index contributed by atoms with van der Waals surface area (Å²) in [7, 11) is 0. The molecule has 0 atom stereocenters. The monoisotopic (exact) mass is 254 g/mol. The number of hydrogen-bond donors (Lipinski definition) is 0. The van der Waals surface area contributed by atoms with Gasteiger partial charge in [-0.1, -0.05) is 27.7 Å². The molecule has 0 spiro atoms. The third kappa shape index (κ3) is 2.25. The van der Waals surface area contributed by atoms with Gasteiger partial charge in [-0.05, 0) is 19.3 Å². The van der Waals surface area contributed by atoms with Gasteiger partial charge < -0.3 is 0 Å². The molecule has 0 saturated carbocycles. The predicted octanol–water partition coefficient (Wildman–Crippen LogP) is 3.76. The van der Waals surface area contributed by atoms with Gasteiger partial charge in [-0.3, -0.25) is 0 Å². The van der Waals surface area contributed by atoms with Crippen LogP contribution in [-0.2, 0) is 24.2 Å². The highest BCUT2D eigenvalue weighted by Gasteiger charge is 2.40. The van der Waals surface area contributed by atoms with Crippen LogP contribution in [0.5, 0.6) is 0 Å². The van der Waals surface area contributed by atoms with Crippen molar-refractivity contribution in [2.24, 2.45) is 0 Å². The van der Waals surface area contributed by atoms with Crippen molar-refractivity contribution in [1.82, 2.24) is 9.97 Å². The molecule has 1 aliphatic rings. The van der Waals surface area contributed by atoms with E-state index in [0.717, 1.165) is 5.69 Å². The standard InChI is InChI=1S/C14H20F2N2/c1-5-10-9-7-6-8-14(15,16)11(9)18-12(17-10)13(2,3)4/h5-8H2,1-4H3. The molecule has 0 bridgehead atoms. The van der Waals surface area contributed by atoms with Crippen molar-refractivity contribution in [2.45, 2.75) is 64.7 Å². The largest absolute Gasteiger partial charge is 0.290 e. The van der Waals surface area contributed by atoms with Gasteiger partial charge in [-0.2, -0.15) is 8.78 Å². The molecular formula is C14H20F2N2. The van der Waals surface area contributed by atoms with Gasteiger partial charge in [0.25, 0.3) is 5.92 Å². The second kappa shape index (κ2) is 4.25. The molecule has 1 aliphatic carbocycles. The summed E-state index contributed by atoms with van der Waals surface area (Å²) in [4.78, 5) is 8.68. The highest BCUT2D eigenvalue weighted by Crippen LogP contribution is 2.40. The smallest absolute Gasteiger partial charge is 0.237 e. The van der Waals surface area contributed by atoms with Gasteiger partial charge >= 0.3 is 0 Å². The van der Waals surface area contributed by atoms with E-state index < -0.39 is 5.92 Å². The molecule has 0 unspecified atom stereocenters. The molecule has 0 fully saturated rings. The van der Waals surface area contributed by atoms with E-state index in [-0.39, 0.29) is 17.5 Å². The molecule has 1 heterocycles. The van der Waals surface area contributed by atoms with Gasteiger partial charge in [0.15, 0.2) is 0 Å². The first-order chi connectivity index (χ1) is 8.25. The van der Waals surface area contributed by atoms with Crippen LogP contribution in [0.3, 0.4) is 0 Å². The molecule has 18 heavy (non-hydrogen) atoms. The molecular weight excluding hydrogens is 234 g/mol. The molecule has 0 radical (unpaired) electrons. The van der Waals surface area contributed by atoms with Gasteiger partial charge in [-0.25, -0.2) is 9.97 Å². The Kier molecular flexibility index (Phi) is 3.16. The van der Waals surface area contributed by atoms with Crippen molar-refractivity contribution < 1.29 is 8.78 Å². The quantitative estimate of drug-likeness (QED) is 0.762. The minimum absolute atomic E-state index is 0.0227. The first-order valence-electron chi connectivity index (χ1n) is 6.54. The van der Waals surface area contributed by atoms with E-state index in [1.54, 1.807) is 0 Å². The van der Waals surface area contributed by atoms with Crippen molar-refractivity contribution >= 4 is 0 Å². The normalized spacial score (nSPS) is 18.6. The summed E-state index contributed by atoms with van der Waals surface area (Å²) in [6, 6.07) is 0. The van der Waals surface area contributed by atoms with Crippen molar-refractivity contribution in [3.8, 4) is 0 Å². The third-order valence-electron chi connectivity index (χ3n) is 3.36. The molecule has 0 amide bonds. The summed E-state index contributed by atoms with van der Waals surface area (Å²) in [6.07, 6.45) is 1.79. The first kappa shape index (κ1) is 13.4. The van der Waals surface area contributed by atoms with E-state index in [0.29, 0.717) is 30.7 Å². The Balaban J connectivity index is 2.65. The van der Waals surface area contributed by atoms with E-state index in [4.69, 9.17) is 0 Å². The van der Waals surface area contributed by atoms with Gasteiger partial charge in [-0.15, -0.1) is 0 Å². The molecule has 0 aliphatic heterocycles. The molecule has 0 N–H and O–H groups in total. The van der Waals surface area contributed by atoms with E-state index in [1.807, 2.05) is 27.7 Å². The zero-order valence-electron chi connectivity index (χ0n) is 11.5. The summed E-state index contributed by atoms with van der Waals surface area (Å²) in [6.45, 7) is 7.82. The minimum Gasteiger partial charge on any atom is -0.237 e. The maximum Gasteiger partial charge on any atom is 0.290 e. The molecule has 1 aromatic heterocycles. The molecule has 2 rings (SSSR count). The topological polar surface area (TPSA) is 25.8 Å². The van der Waals surface area contributed by atoms with Crippen LogP contribution in [0.25, 0.3) is 0 Å². The summed E-state index contributed by atoms with van der Waals surface area (Å²) in [5, 5.41) is 0. The lowest BCUT2D eigenvalue weighted by atomic mass is 9.89. The molecule has 0 saturated heterocycles. The molecule has 4 heteroatoms. The van der Waals surface area contributed by atoms with Gasteiger partial charge in [0.2, 0.25) is 0 Å². The van der Waals surface area contributed by atoms with Crippen molar-refractivity contribution in [2.75, 3.05) is 0 Å². The van der Waals surface area contributed by atoms with E-state index in [1.165, 1.54) is 0 Å². The van der Waals surface area contributed by atoms with Gasteiger partial charge in [0, 0.05) is 23.1 Å². The van der Waals surface area contributed by atoms with Crippen LogP contribution in [0, 0.1) is 0 Å². The number of aromatic nitrogens is 2. The fourth-order valence-corrected chi connectivity index (χ4v) is 2.33. The summed E-state index contributed by atoms with van der Waals surface area (Å²) in [5.74, 6) is -2.26. The van der Waals surface area contributed by atoms with Crippen LogP contribution in [0.1, 0.15) is 63.3 Å². The van der Waals surface area contributed by atoms with E-state index in [2.05, 4.69) is 9.97 Å². The predicted molar refractivity (Wildman–Crippen MR) is 66.9 cm³/mol. The van der Waals surface area contributed by atoms with E-state index in [9.17, 15) is 8.78 Å². The van der Waals surface area contributed by atoms with Crippen LogP contribution in [0.2, 0.25) is 0 Å². The Morgan fingerprint density at radius 3 is 2.44 bits per heavy atom.